The molecule has 0 bridgehead atoms. The summed E-state index contributed by atoms with van der Waals surface area (Å²) >= 11 is 0. The number of hydrogen-bond donors (Lipinski definition) is 1. The van der Waals surface area contributed by atoms with Gasteiger partial charge in [0.25, 0.3) is 11.4 Å². The summed E-state index contributed by atoms with van der Waals surface area (Å²) in [7, 11) is -3.38. The van der Waals surface area contributed by atoms with Gasteiger partial charge < -0.3 is 5.32 Å². The van der Waals surface area contributed by atoms with Crippen LogP contribution in [0.4, 0.5) is 8.78 Å². The number of carbonyl (C=O) groups excluding carboxylic acids is 1. The Morgan fingerprint density at radius 1 is 1.44 bits per heavy atom. The normalized spacial score (nSPS) is 13.2. The van der Waals surface area contributed by atoms with E-state index in [-0.39, 0.29) is 0 Å². The molecule has 0 spiro atoms. The molecular weight excluding hydrogens is 240 g/mol. The highest BCUT2D eigenvalue weighted by atomic mass is 32.2. The van der Waals surface area contributed by atoms with Crippen LogP contribution in [0.5, 0.6) is 0 Å². The zero-order chi connectivity index (χ0) is 12.3. The van der Waals surface area contributed by atoms with E-state index in [1.807, 2.05) is 5.32 Å². The number of carbonyl (C=O) groups is 1. The predicted octanol–water partition coefficient (Wildman–Crippen LogP) is 0.641. The second kappa shape index (κ2) is 4.56. The summed E-state index contributed by atoms with van der Waals surface area (Å²) in [5.74, 6) is -2.10. The summed E-state index contributed by atoms with van der Waals surface area (Å²) in [4.78, 5) is 10.3. The predicted molar refractivity (Wildman–Crippen MR) is 52.5 cm³/mol. The van der Waals surface area contributed by atoms with Crippen LogP contribution in [0.15, 0.2) is 29.2 Å². The summed E-state index contributed by atoms with van der Waals surface area (Å²) in [5.41, 5.74) is -2.74. The first kappa shape index (κ1) is 12.6. The van der Waals surface area contributed by atoms with Gasteiger partial charge in [-0.25, -0.2) is 17.2 Å². The molecule has 0 aromatic heterocycles. The first-order valence-corrected chi connectivity index (χ1v) is 5.79. The zero-order valence-corrected chi connectivity index (χ0v) is 9.09. The minimum Gasteiger partial charge on any atom is -0.356 e. The van der Waals surface area contributed by atoms with Gasteiger partial charge in [-0.1, -0.05) is 6.07 Å². The Bertz CT molecular complexity index is 501. The number of nitrogens with one attached hydrogen (secondary N) is 1. The Labute approximate surface area is 91.2 Å². The molecule has 88 valence electrons. The van der Waals surface area contributed by atoms with Gasteiger partial charge in [0.1, 0.15) is 5.82 Å². The van der Waals surface area contributed by atoms with Crippen LogP contribution in [0.2, 0.25) is 0 Å². The maximum Gasteiger partial charge on any atom is 0.282 e. The van der Waals surface area contributed by atoms with Gasteiger partial charge in [0.05, 0.1) is 4.90 Å². The molecule has 1 unspecified atom stereocenters. The van der Waals surface area contributed by atoms with Crippen molar-refractivity contribution in [1.29, 1.82) is 0 Å². The first-order valence-electron chi connectivity index (χ1n) is 4.24. The standard InChI is InChI=1S/C9H9F2NO3S/c1-12-9(13)8(11)16(14,15)7-4-2-3-6(10)5-7/h2-5,8H,1H3,(H,12,13). The third-order valence-corrected chi connectivity index (χ3v) is 3.52. The van der Waals surface area contributed by atoms with E-state index in [4.69, 9.17) is 0 Å². The average molecular weight is 249 g/mol. The SMILES string of the molecule is CNC(=O)C(F)S(=O)(=O)c1cccc(F)c1. The van der Waals surface area contributed by atoms with Gasteiger partial charge in [-0.15, -0.1) is 0 Å². The lowest BCUT2D eigenvalue weighted by Gasteiger charge is -2.08. The van der Waals surface area contributed by atoms with Gasteiger partial charge in [-0.05, 0) is 18.2 Å². The van der Waals surface area contributed by atoms with Gasteiger partial charge >= 0.3 is 0 Å². The molecule has 1 atom stereocenters. The molecule has 0 aliphatic rings. The fourth-order valence-electron chi connectivity index (χ4n) is 1.02. The van der Waals surface area contributed by atoms with Crippen molar-refractivity contribution < 1.29 is 22.0 Å². The molecule has 0 aliphatic carbocycles. The van der Waals surface area contributed by atoms with E-state index in [2.05, 4.69) is 0 Å². The Hall–Kier alpha value is -1.50. The van der Waals surface area contributed by atoms with Crippen LogP contribution in [0.25, 0.3) is 0 Å². The van der Waals surface area contributed by atoms with Crippen LogP contribution in [0.3, 0.4) is 0 Å². The molecule has 0 saturated carbocycles. The summed E-state index contributed by atoms with van der Waals surface area (Å²) in [5, 5.41) is 1.87. The lowest BCUT2D eigenvalue weighted by atomic mass is 10.4. The van der Waals surface area contributed by atoms with Crippen molar-refractivity contribution in [2.24, 2.45) is 0 Å². The van der Waals surface area contributed by atoms with Crippen molar-refractivity contribution in [1.82, 2.24) is 5.32 Å². The van der Waals surface area contributed by atoms with Crippen LogP contribution in [0, 0.1) is 5.82 Å². The number of halogens is 2. The quantitative estimate of drug-likeness (QED) is 0.855. The molecule has 1 amide bonds. The molecule has 1 aromatic rings. The molecule has 0 fully saturated rings. The van der Waals surface area contributed by atoms with Crippen LogP contribution in [0.1, 0.15) is 0 Å². The summed E-state index contributed by atoms with van der Waals surface area (Å²) < 4.78 is 49.0. The Morgan fingerprint density at radius 3 is 2.56 bits per heavy atom. The van der Waals surface area contributed by atoms with Crippen LogP contribution in [-0.2, 0) is 14.6 Å². The van der Waals surface area contributed by atoms with E-state index in [1.54, 1.807) is 0 Å². The van der Waals surface area contributed by atoms with Crippen molar-refractivity contribution in [2.75, 3.05) is 7.05 Å². The topological polar surface area (TPSA) is 63.2 Å². The fourth-order valence-corrected chi connectivity index (χ4v) is 2.20. The lowest BCUT2D eigenvalue weighted by molar-refractivity contribution is -0.122. The maximum absolute atomic E-state index is 13.3. The molecule has 0 heterocycles. The monoisotopic (exact) mass is 249 g/mol. The van der Waals surface area contributed by atoms with Gasteiger partial charge in [0.2, 0.25) is 9.84 Å². The van der Waals surface area contributed by atoms with Crippen LogP contribution in [-0.4, -0.2) is 26.9 Å². The molecule has 1 rings (SSSR count). The third-order valence-electron chi connectivity index (χ3n) is 1.85. The Morgan fingerprint density at radius 2 is 2.06 bits per heavy atom. The minimum atomic E-state index is -4.49. The van der Waals surface area contributed by atoms with Crippen molar-refractivity contribution in [3.8, 4) is 0 Å². The second-order valence-electron chi connectivity index (χ2n) is 2.93. The maximum atomic E-state index is 13.3. The molecule has 0 radical (unpaired) electrons. The number of alkyl halides is 1. The summed E-state index contributed by atoms with van der Waals surface area (Å²) in [6.07, 6.45) is 0. The largest absolute Gasteiger partial charge is 0.356 e. The van der Waals surface area contributed by atoms with E-state index in [0.717, 1.165) is 25.2 Å². The summed E-state index contributed by atoms with van der Waals surface area (Å²) in [6.45, 7) is 0. The number of rotatable bonds is 3. The van der Waals surface area contributed by atoms with Gasteiger partial charge in [-0.2, -0.15) is 0 Å². The molecule has 4 nitrogen and oxygen atoms in total. The van der Waals surface area contributed by atoms with E-state index in [9.17, 15) is 22.0 Å². The van der Waals surface area contributed by atoms with Crippen LogP contribution < -0.4 is 5.32 Å². The summed E-state index contributed by atoms with van der Waals surface area (Å²) in [6, 6.07) is 3.82. The molecule has 7 heteroatoms. The second-order valence-corrected chi connectivity index (χ2v) is 4.91. The van der Waals surface area contributed by atoms with Gasteiger partial charge in [0, 0.05) is 7.05 Å². The van der Waals surface area contributed by atoms with Crippen LogP contribution >= 0.6 is 0 Å². The highest BCUT2D eigenvalue weighted by molar-refractivity contribution is 7.92. The molecule has 1 N–H and O–H groups in total. The number of amides is 1. The number of benzene rings is 1. The minimum absolute atomic E-state index is 0.566. The number of sulfone groups is 1. The van der Waals surface area contributed by atoms with E-state index in [0.29, 0.717) is 6.07 Å². The highest BCUT2D eigenvalue weighted by Gasteiger charge is 2.33. The van der Waals surface area contributed by atoms with Crippen molar-refractivity contribution in [3.63, 3.8) is 0 Å². The smallest absolute Gasteiger partial charge is 0.282 e. The molecular formula is C9H9F2NO3S. The third kappa shape index (κ3) is 2.35. The Balaban J connectivity index is 3.17. The molecule has 16 heavy (non-hydrogen) atoms. The van der Waals surface area contributed by atoms with Crippen molar-refractivity contribution in [2.45, 2.75) is 10.4 Å². The molecule has 0 aliphatic heterocycles. The van der Waals surface area contributed by atoms with E-state index < -0.39 is 32.0 Å². The zero-order valence-electron chi connectivity index (χ0n) is 8.28. The van der Waals surface area contributed by atoms with E-state index in [1.165, 1.54) is 0 Å². The molecule has 1 aromatic carbocycles. The Kier molecular flexibility index (Phi) is 3.58. The van der Waals surface area contributed by atoms with E-state index >= 15 is 0 Å². The van der Waals surface area contributed by atoms with Gasteiger partial charge in [0.15, 0.2) is 0 Å². The lowest BCUT2D eigenvalue weighted by Crippen LogP contribution is -2.34. The van der Waals surface area contributed by atoms with Crippen molar-refractivity contribution >= 4 is 15.7 Å². The van der Waals surface area contributed by atoms with Crippen molar-refractivity contribution in [3.05, 3.63) is 30.1 Å². The number of hydrogen-bond acceptors (Lipinski definition) is 3. The fraction of sp³-hybridized carbons (Fsp3) is 0.222. The highest BCUT2D eigenvalue weighted by Crippen LogP contribution is 2.18. The van der Waals surface area contributed by atoms with Gasteiger partial charge in [-0.3, -0.25) is 4.79 Å². The molecule has 0 saturated heterocycles. The average Bonchev–Trinajstić information content (AvgIpc) is 2.27. The first-order chi connectivity index (χ1) is 7.39.